The largest absolute Gasteiger partial charge is 0.352 e. The van der Waals surface area contributed by atoms with Crippen LogP contribution >= 0.6 is 0 Å². The second kappa shape index (κ2) is 11.8. The zero-order valence-corrected chi connectivity index (χ0v) is 22.3. The Bertz CT molecular complexity index is 1380. The quantitative estimate of drug-likeness (QED) is 0.405. The van der Waals surface area contributed by atoms with Crippen LogP contribution in [-0.2, 0) is 21.2 Å². The van der Waals surface area contributed by atoms with Crippen molar-refractivity contribution >= 4 is 21.8 Å². The van der Waals surface area contributed by atoms with E-state index in [1.54, 1.807) is 0 Å². The van der Waals surface area contributed by atoms with Crippen molar-refractivity contribution in [3.05, 3.63) is 103 Å². The Balaban J connectivity index is 1.29. The van der Waals surface area contributed by atoms with Gasteiger partial charge in [-0.1, -0.05) is 61.2 Å². The molecule has 1 heterocycles. The van der Waals surface area contributed by atoms with Gasteiger partial charge < -0.3 is 10.6 Å². The number of sulfonamides is 1. The van der Waals surface area contributed by atoms with Crippen molar-refractivity contribution in [3.63, 3.8) is 0 Å². The molecule has 198 valence electrons. The fraction of sp³-hybridized carbons (Fsp3) is 0.267. The van der Waals surface area contributed by atoms with Crippen molar-refractivity contribution in [3.8, 4) is 11.1 Å². The van der Waals surface area contributed by atoms with Crippen LogP contribution in [-0.4, -0.2) is 49.7 Å². The molecule has 3 aromatic carbocycles. The lowest BCUT2D eigenvalue weighted by atomic mass is 9.90. The first-order valence-corrected chi connectivity index (χ1v) is 14.1. The summed E-state index contributed by atoms with van der Waals surface area (Å²) in [4.78, 5) is 24.4. The average molecular weight is 532 g/mol. The van der Waals surface area contributed by atoms with Crippen LogP contribution in [0, 0.1) is 0 Å². The van der Waals surface area contributed by atoms with Crippen molar-refractivity contribution in [1.82, 2.24) is 14.9 Å². The van der Waals surface area contributed by atoms with E-state index in [1.807, 2.05) is 25.1 Å². The first-order chi connectivity index (χ1) is 18.2. The number of nitrogens with one attached hydrogen (secondary N) is 2. The fourth-order valence-electron chi connectivity index (χ4n) is 4.54. The Morgan fingerprint density at radius 2 is 1.53 bits per heavy atom. The van der Waals surface area contributed by atoms with E-state index >= 15 is 0 Å². The van der Waals surface area contributed by atoms with Crippen LogP contribution in [0.25, 0.3) is 11.1 Å². The number of piperidine rings is 1. The lowest BCUT2D eigenvalue weighted by molar-refractivity contribution is -0.118. The standard InChI is InChI=1S/C30H33N3O4S/c1-3-28(34)32-30(2)18-21-33(22-19-30)38(36,37)27-15-13-26(14-16-27)29(35)31-20-17-23-9-11-25(12-10-23)24-7-5-4-6-8-24/h3-16H,1,17-22H2,2H3,(H,31,35)(H,32,34). The third kappa shape index (κ3) is 6.57. The molecule has 0 bridgehead atoms. The number of amides is 2. The van der Waals surface area contributed by atoms with Gasteiger partial charge in [-0.25, -0.2) is 8.42 Å². The maximum absolute atomic E-state index is 13.1. The molecule has 0 aromatic heterocycles. The van der Waals surface area contributed by atoms with E-state index in [-0.39, 0.29) is 16.7 Å². The zero-order valence-electron chi connectivity index (χ0n) is 21.5. The minimum Gasteiger partial charge on any atom is -0.352 e. The van der Waals surface area contributed by atoms with E-state index in [4.69, 9.17) is 0 Å². The molecule has 0 spiro atoms. The number of carbonyl (C=O) groups excluding carboxylic acids is 2. The SMILES string of the molecule is C=CC(=O)NC1(C)CCN(S(=O)(=O)c2ccc(C(=O)NCCc3ccc(-c4ccccc4)cc3)cc2)CC1. The van der Waals surface area contributed by atoms with Crippen LogP contribution in [0.2, 0.25) is 0 Å². The Morgan fingerprint density at radius 3 is 2.13 bits per heavy atom. The summed E-state index contributed by atoms with van der Waals surface area (Å²) in [5, 5.41) is 5.79. The van der Waals surface area contributed by atoms with Crippen LogP contribution in [0.15, 0.2) is 96.4 Å². The van der Waals surface area contributed by atoms with Crippen molar-refractivity contribution in [1.29, 1.82) is 0 Å². The van der Waals surface area contributed by atoms with E-state index in [0.717, 1.165) is 16.7 Å². The summed E-state index contributed by atoms with van der Waals surface area (Å²) in [5.74, 6) is -0.514. The number of hydrogen-bond donors (Lipinski definition) is 2. The predicted molar refractivity (Wildman–Crippen MR) is 149 cm³/mol. The summed E-state index contributed by atoms with van der Waals surface area (Å²) in [7, 11) is -3.70. The van der Waals surface area contributed by atoms with Gasteiger partial charge in [0.2, 0.25) is 15.9 Å². The molecular weight excluding hydrogens is 498 g/mol. The first-order valence-electron chi connectivity index (χ1n) is 12.7. The normalized spacial score (nSPS) is 15.4. The molecule has 0 saturated carbocycles. The number of hydrogen-bond acceptors (Lipinski definition) is 4. The lowest BCUT2D eigenvalue weighted by Crippen LogP contribution is -2.53. The van der Waals surface area contributed by atoms with Gasteiger partial charge in [0.25, 0.3) is 5.91 Å². The molecular formula is C30H33N3O4S. The van der Waals surface area contributed by atoms with Gasteiger partial charge in [-0.3, -0.25) is 9.59 Å². The van der Waals surface area contributed by atoms with Gasteiger partial charge in [0.05, 0.1) is 4.90 Å². The van der Waals surface area contributed by atoms with Crippen LogP contribution in [0.3, 0.4) is 0 Å². The molecule has 1 aliphatic rings. The van der Waals surface area contributed by atoms with Gasteiger partial charge in [0.1, 0.15) is 0 Å². The molecule has 2 amide bonds. The van der Waals surface area contributed by atoms with Gasteiger partial charge >= 0.3 is 0 Å². The molecule has 4 rings (SSSR count). The highest BCUT2D eigenvalue weighted by Crippen LogP contribution is 2.27. The van der Waals surface area contributed by atoms with Crippen LogP contribution in [0.5, 0.6) is 0 Å². The van der Waals surface area contributed by atoms with E-state index in [0.29, 0.717) is 44.5 Å². The molecule has 1 aliphatic heterocycles. The zero-order chi connectivity index (χ0) is 27.2. The molecule has 7 nitrogen and oxygen atoms in total. The molecule has 0 radical (unpaired) electrons. The van der Waals surface area contributed by atoms with Crippen LogP contribution in [0.4, 0.5) is 0 Å². The summed E-state index contributed by atoms with van der Waals surface area (Å²) in [6.45, 7) is 6.44. The minimum absolute atomic E-state index is 0.145. The Hall–Kier alpha value is -3.75. The molecule has 8 heteroatoms. The van der Waals surface area contributed by atoms with Crippen LogP contribution in [0.1, 0.15) is 35.7 Å². The predicted octanol–water partition coefficient (Wildman–Crippen LogP) is 4.17. The minimum atomic E-state index is -3.70. The highest BCUT2D eigenvalue weighted by atomic mass is 32.2. The third-order valence-corrected chi connectivity index (χ3v) is 8.86. The highest BCUT2D eigenvalue weighted by molar-refractivity contribution is 7.89. The van der Waals surface area contributed by atoms with E-state index in [2.05, 4.69) is 53.6 Å². The Kier molecular flexibility index (Phi) is 8.44. The van der Waals surface area contributed by atoms with Gasteiger partial charge in [-0.2, -0.15) is 4.31 Å². The summed E-state index contributed by atoms with van der Waals surface area (Å²) in [6.07, 6.45) is 2.91. The molecule has 2 N–H and O–H groups in total. The molecule has 0 aliphatic carbocycles. The number of nitrogens with zero attached hydrogens (tertiary/aromatic N) is 1. The second-order valence-corrected chi connectivity index (χ2v) is 11.7. The van der Waals surface area contributed by atoms with E-state index < -0.39 is 15.6 Å². The number of carbonyl (C=O) groups is 2. The maximum atomic E-state index is 13.1. The molecule has 0 unspecified atom stereocenters. The highest BCUT2D eigenvalue weighted by Gasteiger charge is 2.36. The molecule has 38 heavy (non-hydrogen) atoms. The van der Waals surface area contributed by atoms with E-state index in [9.17, 15) is 18.0 Å². The van der Waals surface area contributed by atoms with Gasteiger partial charge in [-0.15, -0.1) is 0 Å². The van der Waals surface area contributed by atoms with Crippen molar-refractivity contribution in [2.24, 2.45) is 0 Å². The smallest absolute Gasteiger partial charge is 0.251 e. The van der Waals surface area contributed by atoms with Crippen LogP contribution < -0.4 is 10.6 Å². The summed E-state index contributed by atoms with van der Waals surface area (Å²) < 4.78 is 27.7. The third-order valence-electron chi connectivity index (χ3n) is 6.95. The van der Waals surface area contributed by atoms with Crippen molar-refractivity contribution < 1.29 is 18.0 Å². The lowest BCUT2D eigenvalue weighted by Gasteiger charge is -2.39. The molecule has 3 aromatic rings. The fourth-order valence-corrected chi connectivity index (χ4v) is 5.98. The number of rotatable bonds is 9. The topological polar surface area (TPSA) is 95.6 Å². The summed E-state index contributed by atoms with van der Waals surface area (Å²) >= 11 is 0. The van der Waals surface area contributed by atoms with Crippen molar-refractivity contribution in [2.75, 3.05) is 19.6 Å². The summed E-state index contributed by atoms with van der Waals surface area (Å²) in [6, 6.07) is 24.4. The average Bonchev–Trinajstić information content (AvgIpc) is 2.94. The Morgan fingerprint density at radius 1 is 0.921 bits per heavy atom. The Labute approximate surface area is 224 Å². The molecule has 0 atom stereocenters. The maximum Gasteiger partial charge on any atom is 0.251 e. The van der Waals surface area contributed by atoms with Crippen molar-refractivity contribution in [2.45, 2.75) is 36.6 Å². The summed E-state index contributed by atoms with van der Waals surface area (Å²) in [5.41, 5.74) is 3.36. The number of benzene rings is 3. The molecule has 1 fully saturated rings. The van der Waals surface area contributed by atoms with E-state index in [1.165, 1.54) is 34.6 Å². The first kappa shape index (κ1) is 27.3. The van der Waals surface area contributed by atoms with Gasteiger partial charge in [0, 0.05) is 30.7 Å². The molecule has 1 saturated heterocycles. The second-order valence-electron chi connectivity index (χ2n) is 9.75. The van der Waals surface area contributed by atoms with Gasteiger partial charge in [0.15, 0.2) is 0 Å². The van der Waals surface area contributed by atoms with Gasteiger partial charge in [-0.05, 0) is 73.2 Å². The monoisotopic (exact) mass is 531 g/mol.